The molecule has 23 heavy (non-hydrogen) atoms. The van der Waals surface area contributed by atoms with Crippen LogP contribution in [0, 0.1) is 11.8 Å². The van der Waals surface area contributed by atoms with Gasteiger partial charge in [-0.25, -0.2) is 4.79 Å². The maximum atomic E-state index is 11.9. The molecule has 5 heteroatoms. The van der Waals surface area contributed by atoms with Crippen molar-refractivity contribution in [2.75, 3.05) is 19.8 Å². The molecule has 4 rings (SSSR count). The Morgan fingerprint density at radius 2 is 1.78 bits per heavy atom. The second-order valence-corrected chi connectivity index (χ2v) is 7.42. The molecule has 4 aliphatic rings. The Kier molecular flexibility index (Phi) is 4.61. The van der Waals surface area contributed by atoms with Crippen LogP contribution >= 0.6 is 0 Å². The van der Waals surface area contributed by atoms with Gasteiger partial charge in [0.15, 0.2) is 5.78 Å². The second-order valence-electron chi connectivity index (χ2n) is 7.42. The monoisotopic (exact) mass is 322 g/mol. The highest BCUT2D eigenvalue weighted by Gasteiger charge is 2.60. The molecule has 0 heterocycles. The molecular weight excluding hydrogens is 296 g/mol. The van der Waals surface area contributed by atoms with Gasteiger partial charge in [-0.3, -0.25) is 4.79 Å². The molecular formula is C18H26O5. The van der Waals surface area contributed by atoms with Crippen LogP contribution in [-0.2, 0) is 23.8 Å². The summed E-state index contributed by atoms with van der Waals surface area (Å²) in [6, 6.07) is 0. The molecule has 0 amide bonds. The Bertz CT molecular complexity index is 484. The van der Waals surface area contributed by atoms with Crippen LogP contribution in [0.25, 0.3) is 0 Å². The maximum absolute atomic E-state index is 11.9. The Morgan fingerprint density at radius 3 is 2.39 bits per heavy atom. The first-order chi connectivity index (χ1) is 11.0. The third-order valence-electron chi connectivity index (χ3n) is 5.44. The largest absolute Gasteiger partial charge is 0.456 e. The molecule has 0 aromatic carbocycles. The molecule has 0 aromatic rings. The molecule has 2 atom stereocenters. The quantitative estimate of drug-likeness (QED) is 0.507. The summed E-state index contributed by atoms with van der Waals surface area (Å²) < 4.78 is 17.0. The SMILES string of the molecule is C=CC(=O)OC12CC3CC(CC(OCC(=O)COCC)(C3)C1)C2. The molecule has 128 valence electrons. The van der Waals surface area contributed by atoms with Crippen LogP contribution in [0.2, 0.25) is 0 Å². The summed E-state index contributed by atoms with van der Waals surface area (Å²) in [5, 5.41) is 0. The summed E-state index contributed by atoms with van der Waals surface area (Å²) >= 11 is 0. The van der Waals surface area contributed by atoms with Gasteiger partial charge < -0.3 is 14.2 Å². The average molecular weight is 322 g/mol. The number of Topliss-reactive ketones (excluding diaryl/α,β-unsaturated/α-hetero) is 1. The van der Waals surface area contributed by atoms with Gasteiger partial charge in [0.05, 0.1) is 5.60 Å². The Labute approximate surface area is 137 Å². The van der Waals surface area contributed by atoms with E-state index in [1.165, 1.54) is 12.5 Å². The van der Waals surface area contributed by atoms with Crippen LogP contribution in [0.1, 0.15) is 45.4 Å². The standard InChI is InChI=1S/C18H26O5/c1-3-16(20)23-18-8-13-5-14(9-18)7-17(6-13,12-18)22-11-15(19)10-21-4-2/h3,13-14H,1,4-12H2,2H3. The van der Waals surface area contributed by atoms with E-state index < -0.39 is 5.60 Å². The van der Waals surface area contributed by atoms with Crippen molar-refractivity contribution in [1.29, 1.82) is 0 Å². The first-order valence-corrected chi connectivity index (χ1v) is 8.57. The van der Waals surface area contributed by atoms with E-state index in [4.69, 9.17) is 14.2 Å². The van der Waals surface area contributed by atoms with Gasteiger partial charge in [-0.2, -0.15) is 0 Å². The lowest BCUT2D eigenvalue weighted by atomic mass is 9.52. The van der Waals surface area contributed by atoms with Gasteiger partial charge in [-0.15, -0.1) is 0 Å². The van der Waals surface area contributed by atoms with E-state index in [-0.39, 0.29) is 30.6 Å². The van der Waals surface area contributed by atoms with Crippen LogP contribution in [0.4, 0.5) is 0 Å². The summed E-state index contributed by atoms with van der Waals surface area (Å²) in [4.78, 5) is 23.6. The normalized spacial score (nSPS) is 37.6. The highest BCUT2D eigenvalue weighted by Crippen LogP contribution is 2.60. The average Bonchev–Trinajstić information content (AvgIpc) is 2.49. The predicted molar refractivity (Wildman–Crippen MR) is 83.9 cm³/mol. The van der Waals surface area contributed by atoms with Crippen LogP contribution in [0.5, 0.6) is 0 Å². The van der Waals surface area contributed by atoms with Crippen molar-refractivity contribution in [3.8, 4) is 0 Å². The number of ketones is 1. The van der Waals surface area contributed by atoms with Crippen LogP contribution in [0.15, 0.2) is 12.7 Å². The van der Waals surface area contributed by atoms with E-state index in [1.54, 1.807) is 0 Å². The van der Waals surface area contributed by atoms with E-state index >= 15 is 0 Å². The molecule has 2 unspecified atom stereocenters. The molecule has 4 fully saturated rings. The molecule has 4 bridgehead atoms. The molecule has 4 aliphatic carbocycles. The van der Waals surface area contributed by atoms with Crippen molar-refractivity contribution in [2.24, 2.45) is 11.8 Å². The lowest BCUT2D eigenvalue weighted by Gasteiger charge is -2.60. The third kappa shape index (κ3) is 3.50. The molecule has 0 aromatic heterocycles. The van der Waals surface area contributed by atoms with E-state index in [9.17, 15) is 9.59 Å². The van der Waals surface area contributed by atoms with Crippen molar-refractivity contribution >= 4 is 11.8 Å². The minimum absolute atomic E-state index is 0.0280. The van der Waals surface area contributed by atoms with Gasteiger partial charge in [0, 0.05) is 19.1 Å². The number of carbonyl (C=O) groups excluding carboxylic acids is 2. The molecule has 0 radical (unpaired) electrons. The van der Waals surface area contributed by atoms with Gasteiger partial charge in [0.2, 0.25) is 0 Å². The van der Waals surface area contributed by atoms with E-state index in [0.29, 0.717) is 24.9 Å². The first-order valence-electron chi connectivity index (χ1n) is 8.57. The molecule has 5 nitrogen and oxygen atoms in total. The molecule has 4 saturated carbocycles. The summed E-state index contributed by atoms with van der Waals surface area (Å²) in [7, 11) is 0. The summed E-state index contributed by atoms with van der Waals surface area (Å²) in [5.41, 5.74) is -0.730. The van der Waals surface area contributed by atoms with Gasteiger partial charge in [-0.1, -0.05) is 6.58 Å². The fraction of sp³-hybridized carbons (Fsp3) is 0.778. The van der Waals surface area contributed by atoms with E-state index in [2.05, 4.69) is 6.58 Å². The van der Waals surface area contributed by atoms with Gasteiger partial charge in [0.25, 0.3) is 0 Å². The molecule has 0 saturated heterocycles. The second kappa shape index (κ2) is 6.36. The zero-order valence-corrected chi connectivity index (χ0v) is 13.8. The fourth-order valence-electron chi connectivity index (χ4n) is 5.13. The molecule has 0 aliphatic heterocycles. The molecule has 0 N–H and O–H groups in total. The first kappa shape index (κ1) is 16.7. The minimum Gasteiger partial charge on any atom is -0.456 e. The van der Waals surface area contributed by atoms with Crippen molar-refractivity contribution in [3.63, 3.8) is 0 Å². The fourth-order valence-corrected chi connectivity index (χ4v) is 5.13. The number of rotatable bonds is 8. The van der Waals surface area contributed by atoms with E-state index in [1.807, 2.05) is 6.92 Å². The zero-order valence-electron chi connectivity index (χ0n) is 13.8. The van der Waals surface area contributed by atoms with Gasteiger partial charge in [-0.05, 0) is 50.9 Å². The van der Waals surface area contributed by atoms with Crippen molar-refractivity contribution < 1.29 is 23.8 Å². The third-order valence-corrected chi connectivity index (χ3v) is 5.44. The summed E-state index contributed by atoms with van der Waals surface area (Å²) in [6.45, 7) is 6.09. The molecule has 0 spiro atoms. The van der Waals surface area contributed by atoms with E-state index in [0.717, 1.165) is 25.7 Å². The maximum Gasteiger partial charge on any atom is 0.330 e. The van der Waals surface area contributed by atoms with Crippen molar-refractivity contribution in [2.45, 2.75) is 56.7 Å². The highest BCUT2D eigenvalue weighted by atomic mass is 16.6. The van der Waals surface area contributed by atoms with Crippen LogP contribution in [-0.4, -0.2) is 42.8 Å². The summed E-state index contributed by atoms with van der Waals surface area (Å²) in [5.74, 6) is 0.668. The predicted octanol–water partition coefficient (Wildman–Crippen LogP) is 2.43. The van der Waals surface area contributed by atoms with Crippen LogP contribution < -0.4 is 0 Å². The smallest absolute Gasteiger partial charge is 0.330 e. The number of esters is 1. The highest BCUT2D eigenvalue weighted by molar-refractivity contribution is 5.81. The zero-order chi connectivity index (χ0) is 16.5. The lowest BCUT2D eigenvalue weighted by molar-refractivity contribution is -0.231. The lowest BCUT2D eigenvalue weighted by Crippen LogP contribution is -2.61. The number of carbonyl (C=O) groups is 2. The number of hydrogen-bond donors (Lipinski definition) is 0. The number of hydrogen-bond acceptors (Lipinski definition) is 5. The Hall–Kier alpha value is -1.20. The number of ether oxygens (including phenoxy) is 3. The van der Waals surface area contributed by atoms with Crippen molar-refractivity contribution in [1.82, 2.24) is 0 Å². The Morgan fingerprint density at radius 1 is 1.13 bits per heavy atom. The van der Waals surface area contributed by atoms with Gasteiger partial charge in [0.1, 0.15) is 18.8 Å². The topological polar surface area (TPSA) is 61.8 Å². The summed E-state index contributed by atoms with van der Waals surface area (Å²) in [6.07, 6.45) is 6.90. The minimum atomic E-state index is -0.418. The van der Waals surface area contributed by atoms with Crippen LogP contribution in [0.3, 0.4) is 0 Å². The Balaban J connectivity index is 1.67. The van der Waals surface area contributed by atoms with Crippen molar-refractivity contribution in [3.05, 3.63) is 12.7 Å². The van der Waals surface area contributed by atoms with Gasteiger partial charge >= 0.3 is 5.97 Å².